The maximum absolute atomic E-state index is 13.3. The van der Waals surface area contributed by atoms with E-state index in [1.807, 2.05) is 42.6 Å². The van der Waals surface area contributed by atoms with Gasteiger partial charge in [-0.1, -0.05) is 18.2 Å². The second kappa shape index (κ2) is 10.8. The molecule has 0 aliphatic carbocycles. The number of tetrazole rings is 1. The van der Waals surface area contributed by atoms with Crippen molar-refractivity contribution in [3.8, 4) is 5.75 Å². The molecule has 5 rings (SSSR count). The van der Waals surface area contributed by atoms with E-state index in [1.54, 1.807) is 28.2 Å². The lowest BCUT2D eigenvalue weighted by atomic mass is 10.1. The van der Waals surface area contributed by atoms with E-state index >= 15 is 0 Å². The van der Waals surface area contributed by atoms with Crippen LogP contribution in [0.5, 0.6) is 5.75 Å². The Morgan fingerprint density at radius 2 is 1.94 bits per heavy atom. The summed E-state index contributed by atoms with van der Waals surface area (Å²) >= 11 is 1.66. The molecule has 8 nitrogen and oxygen atoms in total. The number of halogens is 1. The molecule has 0 radical (unpaired) electrons. The van der Waals surface area contributed by atoms with E-state index in [9.17, 15) is 9.18 Å². The lowest BCUT2D eigenvalue weighted by Crippen LogP contribution is -2.27. The Labute approximate surface area is 211 Å². The number of H-pyrrole nitrogens is 1. The van der Waals surface area contributed by atoms with Crippen molar-refractivity contribution in [3.05, 3.63) is 104 Å². The summed E-state index contributed by atoms with van der Waals surface area (Å²) < 4.78 is 20.6. The van der Waals surface area contributed by atoms with Crippen molar-refractivity contribution in [3.63, 3.8) is 0 Å². The van der Waals surface area contributed by atoms with Gasteiger partial charge >= 0.3 is 0 Å². The number of hydrogen-bond donors (Lipinski definition) is 1. The third-order valence-corrected chi connectivity index (χ3v) is 6.63. The zero-order valence-corrected chi connectivity index (χ0v) is 20.5. The highest BCUT2D eigenvalue weighted by Crippen LogP contribution is 2.21. The van der Waals surface area contributed by atoms with Gasteiger partial charge in [-0.25, -0.2) is 9.07 Å². The molecule has 1 N–H and O–H groups in total. The van der Waals surface area contributed by atoms with E-state index < -0.39 is 0 Å². The van der Waals surface area contributed by atoms with Crippen molar-refractivity contribution in [2.24, 2.45) is 0 Å². The molecule has 0 amide bonds. The van der Waals surface area contributed by atoms with Crippen molar-refractivity contribution < 1.29 is 9.13 Å². The van der Waals surface area contributed by atoms with Crippen LogP contribution >= 0.6 is 11.3 Å². The fourth-order valence-electron chi connectivity index (χ4n) is 4.06. The molecule has 0 spiro atoms. The average molecular weight is 505 g/mol. The highest BCUT2D eigenvalue weighted by atomic mass is 32.1. The molecule has 3 aromatic heterocycles. The minimum Gasteiger partial charge on any atom is -0.494 e. The number of pyridine rings is 1. The van der Waals surface area contributed by atoms with E-state index in [0.29, 0.717) is 44.2 Å². The van der Waals surface area contributed by atoms with Crippen molar-refractivity contribution >= 4 is 22.2 Å². The summed E-state index contributed by atoms with van der Waals surface area (Å²) in [5.41, 5.74) is 2.17. The van der Waals surface area contributed by atoms with Gasteiger partial charge in [0.25, 0.3) is 5.56 Å². The van der Waals surface area contributed by atoms with Crippen LogP contribution < -0.4 is 10.3 Å². The number of ether oxygens (including phenoxy) is 1. The van der Waals surface area contributed by atoms with Gasteiger partial charge in [-0.3, -0.25) is 9.69 Å². The molecule has 10 heteroatoms. The third-order valence-electron chi connectivity index (χ3n) is 5.77. The van der Waals surface area contributed by atoms with Crippen LogP contribution in [-0.4, -0.2) is 36.7 Å². The molecule has 3 heterocycles. The van der Waals surface area contributed by atoms with Crippen molar-refractivity contribution in [2.75, 3.05) is 6.61 Å². The lowest BCUT2D eigenvalue weighted by molar-refractivity contribution is 0.238. The number of nitrogens with zero attached hydrogens (tertiary/aromatic N) is 5. The predicted octanol–water partition coefficient (Wildman–Crippen LogP) is 4.36. The van der Waals surface area contributed by atoms with Crippen LogP contribution in [0.2, 0.25) is 0 Å². The predicted molar refractivity (Wildman–Crippen MR) is 136 cm³/mol. The lowest BCUT2D eigenvalue weighted by Gasteiger charge is -2.21. The zero-order valence-electron chi connectivity index (χ0n) is 19.7. The Balaban J connectivity index is 1.42. The van der Waals surface area contributed by atoms with Gasteiger partial charge in [0, 0.05) is 34.4 Å². The second-order valence-electron chi connectivity index (χ2n) is 8.41. The number of rotatable bonds is 10. The fraction of sp³-hybridized carbons (Fsp3) is 0.231. The van der Waals surface area contributed by atoms with Crippen LogP contribution in [0.1, 0.15) is 28.8 Å². The van der Waals surface area contributed by atoms with E-state index in [1.165, 1.54) is 17.0 Å². The molecule has 0 unspecified atom stereocenters. The van der Waals surface area contributed by atoms with E-state index in [-0.39, 0.29) is 11.4 Å². The molecular weight excluding hydrogens is 479 g/mol. The van der Waals surface area contributed by atoms with Gasteiger partial charge in [0.15, 0.2) is 5.82 Å². The molecule has 0 fully saturated rings. The van der Waals surface area contributed by atoms with Crippen LogP contribution in [0.25, 0.3) is 10.9 Å². The zero-order chi connectivity index (χ0) is 24.9. The minimum absolute atomic E-state index is 0.131. The molecule has 0 aliphatic rings. The van der Waals surface area contributed by atoms with Gasteiger partial charge in [0.2, 0.25) is 0 Å². The Bertz CT molecular complexity index is 1500. The number of nitrogens with one attached hydrogen (secondary N) is 1. The Morgan fingerprint density at radius 3 is 2.72 bits per heavy atom. The van der Waals surface area contributed by atoms with Crippen LogP contribution in [-0.2, 0) is 26.2 Å². The molecule has 0 saturated heterocycles. The molecule has 5 aromatic rings. The van der Waals surface area contributed by atoms with Gasteiger partial charge < -0.3 is 9.72 Å². The molecule has 184 valence electrons. The first-order valence-corrected chi connectivity index (χ1v) is 12.5. The molecule has 36 heavy (non-hydrogen) atoms. The number of thiophene rings is 1. The van der Waals surface area contributed by atoms with Crippen molar-refractivity contribution in [2.45, 2.75) is 33.1 Å². The number of benzene rings is 2. The maximum atomic E-state index is 13.3. The highest BCUT2D eigenvalue weighted by Gasteiger charge is 2.16. The summed E-state index contributed by atoms with van der Waals surface area (Å²) in [5, 5.41) is 15.2. The monoisotopic (exact) mass is 504 g/mol. The highest BCUT2D eigenvalue weighted by molar-refractivity contribution is 7.09. The van der Waals surface area contributed by atoms with Gasteiger partial charge in [-0.05, 0) is 70.8 Å². The Morgan fingerprint density at radius 1 is 1.08 bits per heavy atom. The summed E-state index contributed by atoms with van der Waals surface area (Å²) in [7, 11) is 0. The smallest absolute Gasteiger partial charge is 0.252 e. The number of aromatic amines is 1. The Hall–Kier alpha value is -3.89. The fourth-order valence-corrected chi connectivity index (χ4v) is 4.80. The van der Waals surface area contributed by atoms with Crippen LogP contribution in [0, 0.1) is 5.82 Å². The van der Waals surface area contributed by atoms with Crippen molar-refractivity contribution in [1.82, 2.24) is 30.1 Å². The molecule has 0 bridgehead atoms. The first kappa shape index (κ1) is 23.8. The largest absolute Gasteiger partial charge is 0.494 e. The van der Waals surface area contributed by atoms with E-state index in [2.05, 4.69) is 31.5 Å². The molecule has 0 atom stereocenters. The Kier molecular flexibility index (Phi) is 7.15. The number of aromatic nitrogens is 5. The maximum Gasteiger partial charge on any atom is 0.252 e. The molecular formula is C26H25FN6O2S. The number of hydrogen-bond acceptors (Lipinski definition) is 7. The normalized spacial score (nSPS) is 11.4. The molecule has 0 aliphatic heterocycles. The topological polar surface area (TPSA) is 88.9 Å². The minimum atomic E-state index is -0.285. The van der Waals surface area contributed by atoms with E-state index in [4.69, 9.17) is 4.74 Å². The summed E-state index contributed by atoms with van der Waals surface area (Å²) in [4.78, 5) is 19.2. The molecule has 2 aromatic carbocycles. The van der Waals surface area contributed by atoms with Crippen LogP contribution in [0.3, 0.4) is 0 Å². The van der Waals surface area contributed by atoms with Gasteiger partial charge in [-0.2, -0.15) is 0 Å². The van der Waals surface area contributed by atoms with Crippen LogP contribution in [0.4, 0.5) is 4.39 Å². The van der Waals surface area contributed by atoms with Gasteiger partial charge in [-0.15, -0.1) is 16.4 Å². The second-order valence-corrected chi connectivity index (χ2v) is 9.44. The quantitative estimate of drug-likeness (QED) is 0.304. The van der Waals surface area contributed by atoms with Crippen LogP contribution in [0.15, 0.2) is 70.8 Å². The van der Waals surface area contributed by atoms with Crippen molar-refractivity contribution in [1.29, 1.82) is 0 Å². The molecule has 0 saturated carbocycles. The summed E-state index contributed by atoms with van der Waals surface area (Å²) in [5.74, 6) is 1.14. The SMILES string of the molecule is CCOc1ccc2[nH]c(=O)c(CN(Cc3cccs3)Cc3nnnn3Cc3ccc(F)cc3)cc2c1. The van der Waals surface area contributed by atoms with Gasteiger partial charge in [0.05, 0.1) is 19.7 Å². The van der Waals surface area contributed by atoms with E-state index in [0.717, 1.165) is 22.2 Å². The third kappa shape index (κ3) is 5.67. The average Bonchev–Trinajstić information content (AvgIpc) is 3.54. The summed E-state index contributed by atoms with van der Waals surface area (Å²) in [6.45, 7) is 4.41. The van der Waals surface area contributed by atoms with Gasteiger partial charge in [0.1, 0.15) is 11.6 Å². The summed E-state index contributed by atoms with van der Waals surface area (Å²) in [6.07, 6.45) is 0. The standard InChI is InChI=1S/C26H25FN6O2S/c1-2-35-22-9-10-24-19(13-22)12-20(26(34)28-24)15-32(16-23-4-3-11-36-23)17-25-29-30-31-33(25)14-18-5-7-21(27)8-6-18/h3-13H,2,14-17H2,1H3,(H,28,34). The summed E-state index contributed by atoms with van der Waals surface area (Å²) in [6, 6.07) is 17.9. The first-order valence-electron chi connectivity index (χ1n) is 11.6. The number of fused-ring (bicyclic) bond motifs is 1. The first-order chi connectivity index (χ1) is 17.6.